The van der Waals surface area contributed by atoms with E-state index in [0.29, 0.717) is 24.8 Å². The molecule has 3 heterocycles. The van der Waals surface area contributed by atoms with Crippen molar-refractivity contribution in [1.29, 1.82) is 0 Å². The molecule has 0 aromatic carbocycles. The van der Waals surface area contributed by atoms with Crippen LogP contribution in [-0.4, -0.2) is 39.5 Å². The molecular formula is C17H23N5O2. The van der Waals surface area contributed by atoms with E-state index in [-0.39, 0.29) is 23.3 Å². The van der Waals surface area contributed by atoms with E-state index in [2.05, 4.69) is 20.4 Å². The molecule has 7 nitrogen and oxygen atoms in total. The van der Waals surface area contributed by atoms with E-state index in [1.165, 1.54) is 0 Å². The molecule has 0 saturated carbocycles. The molecule has 1 fully saturated rings. The predicted octanol–water partition coefficient (Wildman–Crippen LogP) is 2.39. The Balaban J connectivity index is 1.71. The second-order valence-electron chi connectivity index (χ2n) is 7.25. The molecule has 0 radical (unpaired) electrons. The van der Waals surface area contributed by atoms with Crippen molar-refractivity contribution >= 4 is 11.9 Å². The van der Waals surface area contributed by atoms with Crippen molar-refractivity contribution in [2.75, 3.05) is 18.9 Å². The van der Waals surface area contributed by atoms with Crippen LogP contribution in [0.1, 0.15) is 44.7 Å². The fourth-order valence-corrected chi connectivity index (χ4v) is 3.00. The van der Waals surface area contributed by atoms with Crippen molar-refractivity contribution in [1.82, 2.24) is 20.0 Å². The van der Waals surface area contributed by atoms with Crippen LogP contribution < -0.4 is 5.32 Å². The third-order valence-corrected chi connectivity index (χ3v) is 4.31. The van der Waals surface area contributed by atoms with Gasteiger partial charge in [0, 0.05) is 43.7 Å². The molecule has 1 amide bonds. The molecule has 2 aromatic heterocycles. The summed E-state index contributed by atoms with van der Waals surface area (Å²) in [4.78, 5) is 22.5. The van der Waals surface area contributed by atoms with Gasteiger partial charge in [0.25, 0.3) is 5.95 Å². The number of aromatic nitrogens is 3. The Labute approximate surface area is 141 Å². The van der Waals surface area contributed by atoms with Crippen LogP contribution >= 0.6 is 0 Å². The highest BCUT2D eigenvalue weighted by Gasteiger charge is 2.38. The van der Waals surface area contributed by atoms with E-state index < -0.39 is 0 Å². The van der Waals surface area contributed by atoms with Crippen molar-refractivity contribution in [2.45, 2.75) is 38.6 Å². The van der Waals surface area contributed by atoms with Gasteiger partial charge in [-0.05, 0) is 16.8 Å². The Bertz CT molecular complexity index is 707. The lowest BCUT2D eigenvalue weighted by molar-refractivity contribution is -0.127. The predicted molar refractivity (Wildman–Crippen MR) is 89.3 cm³/mol. The van der Waals surface area contributed by atoms with Gasteiger partial charge < -0.3 is 14.7 Å². The number of rotatable bonds is 4. The van der Waals surface area contributed by atoms with Crippen LogP contribution in [0, 0.1) is 5.92 Å². The minimum Gasteiger partial charge on any atom is -0.351 e. The molecule has 1 aliphatic heterocycles. The number of likely N-dealkylation sites (tertiary alicyclic amines) is 1. The number of carbonyl (C=O) groups excluding carboxylic acids is 1. The Kier molecular flexibility index (Phi) is 4.26. The first-order valence-electron chi connectivity index (χ1n) is 8.10. The van der Waals surface area contributed by atoms with Crippen LogP contribution in [0.4, 0.5) is 5.95 Å². The Morgan fingerprint density at radius 2 is 2.21 bits per heavy atom. The van der Waals surface area contributed by atoms with Gasteiger partial charge in [-0.15, -0.1) is 0 Å². The number of nitrogens with one attached hydrogen (secondary N) is 1. The third kappa shape index (κ3) is 3.25. The van der Waals surface area contributed by atoms with E-state index in [1.807, 2.05) is 46.1 Å². The maximum absolute atomic E-state index is 12.1. The zero-order chi connectivity index (χ0) is 17.3. The molecule has 2 aromatic rings. The standard InChI is InChI=1S/C17H23N5O2/c1-17(2,3)15-20-16(21-24-15)19-10-12-8-13(23)22(4)14(12)11-6-5-7-18-9-11/h5-7,9,12,14H,8,10H2,1-4H3,(H,19,21)/t12-,14-/m0/s1. The summed E-state index contributed by atoms with van der Waals surface area (Å²) in [5.74, 6) is 1.32. The summed E-state index contributed by atoms with van der Waals surface area (Å²) in [5, 5.41) is 7.18. The van der Waals surface area contributed by atoms with Gasteiger partial charge in [0.1, 0.15) is 0 Å². The van der Waals surface area contributed by atoms with Crippen LogP contribution in [-0.2, 0) is 10.2 Å². The van der Waals surface area contributed by atoms with E-state index >= 15 is 0 Å². The van der Waals surface area contributed by atoms with Gasteiger partial charge in [0.05, 0.1) is 6.04 Å². The lowest BCUT2D eigenvalue weighted by atomic mass is 9.95. The molecule has 3 rings (SSSR count). The summed E-state index contributed by atoms with van der Waals surface area (Å²) in [6, 6.07) is 3.91. The molecule has 1 N–H and O–H groups in total. The van der Waals surface area contributed by atoms with Crippen LogP contribution in [0.2, 0.25) is 0 Å². The molecule has 0 unspecified atom stereocenters. The fraction of sp³-hybridized carbons (Fsp3) is 0.529. The number of hydrogen-bond donors (Lipinski definition) is 1. The van der Waals surface area contributed by atoms with Crippen LogP contribution in [0.3, 0.4) is 0 Å². The summed E-state index contributed by atoms with van der Waals surface area (Å²) in [6.45, 7) is 6.66. The molecule has 0 aliphatic carbocycles. The SMILES string of the molecule is CN1C(=O)C[C@@H](CNc2noc(C(C)(C)C)n2)[C@@H]1c1cccnc1. The Morgan fingerprint density at radius 1 is 1.42 bits per heavy atom. The average molecular weight is 329 g/mol. The number of carbonyl (C=O) groups is 1. The Morgan fingerprint density at radius 3 is 2.83 bits per heavy atom. The molecule has 0 bridgehead atoms. The molecule has 0 spiro atoms. The molecule has 1 aliphatic rings. The second kappa shape index (κ2) is 6.22. The van der Waals surface area contributed by atoms with Crippen LogP contribution in [0.5, 0.6) is 0 Å². The molecule has 2 atom stereocenters. The number of hydrogen-bond acceptors (Lipinski definition) is 6. The van der Waals surface area contributed by atoms with Gasteiger partial charge in [-0.1, -0.05) is 26.8 Å². The largest absolute Gasteiger partial charge is 0.351 e. The zero-order valence-electron chi connectivity index (χ0n) is 14.5. The smallest absolute Gasteiger partial charge is 0.263 e. The van der Waals surface area contributed by atoms with E-state index in [1.54, 1.807) is 11.1 Å². The normalized spacial score (nSPS) is 21.3. The van der Waals surface area contributed by atoms with Crippen molar-refractivity contribution in [2.24, 2.45) is 5.92 Å². The Hall–Kier alpha value is -2.44. The van der Waals surface area contributed by atoms with Gasteiger partial charge in [-0.3, -0.25) is 9.78 Å². The van der Waals surface area contributed by atoms with E-state index in [9.17, 15) is 4.79 Å². The first-order valence-corrected chi connectivity index (χ1v) is 8.10. The molecule has 1 saturated heterocycles. The van der Waals surface area contributed by atoms with Gasteiger partial charge >= 0.3 is 0 Å². The topological polar surface area (TPSA) is 84.2 Å². The first-order chi connectivity index (χ1) is 11.4. The quantitative estimate of drug-likeness (QED) is 0.927. The monoisotopic (exact) mass is 329 g/mol. The number of pyridine rings is 1. The highest BCUT2D eigenvalue weighted by molar-refractivity contribution is 5.79. The summed E-state index contributed by atoms with van der Waals surface area (Å²) in [5.41, 5.74) is 0.857. The van der Waals surface area contributed by atoms with Gasteiger partial charge in [-0.25, -0.2) is 0 Å². The summed E-state index contributed by atoms with van der Waals surface area (Å²) in [7, 11) is 1.84. The summed E-state index contributed by atoms with van der Waals surface area (Å²) >= 11 is 0. The third-order valence-electron chi connectivity index (χ3n) is 4.31. The van der Waals surface area contributed by atoms with Crippen molar-refractivity contribution < 1.29 is 9.32 Å². The lowest BCUT2D eigenvalue weighted by Crippen LogP contribution is -2.26. The average Bonchev–Trinajstić information content (AvgIpc) is 3.12. The highest BCUT2D eigenvalue weighted by atomic mass is 16.5. The minimum absolute atomic E-state index is 0.00712. The summed E-state index contributed by atoms with van der Waals surface area (Å²) in [6.07, 6.45) is 4.05. The number of nitrogens with zero attached hydrogens (tertiary/aromatic N) is 4. The first kappa shape index (κ1) is 16.4. The fourth-order valence-electron chi connectivity index (χ4n) is 3.00. The van der Waals surface area contributed by atoms with Crippen molar-refractivity contribution in [3.63, 3.8) is 0 Å². The summed E-state index contributed by atoms with van der Waals surface area (Å²) < 4.78 is 5.29. The number of amides is 1. The van der Waals surface area contributed by atoms with Gasteiger partial charge in [0.15, 0.2) is 0 Å². The molecule has 24 heavy (non-hydrogen) atoms. The molecular weight excluding hydrogens is 306 g/mol. The van der Waals surface area contributed by atoms with Gasteiger partial charge in [-0.2, -0.15) is 4.98 Å². The van der Waals surface area contributed by atoms with Crippen molar-refractivity contribution in [3.8, 4) is 0 Å². The van der Waals surface area contributed by atoms with Gasteiger partial charge in [0.2, 0.25) is 11.8 Å². The maximum atomic E-state index is 12.1. The van der Waals surface area contributed by atoms with E-state index in [4.69, 9.17) is 4.52 Å². The minimum atomic E-state index is -0.186. The number of anilines is 1. The van der Waals surface area contributed by atoms with Crippen LogP contribution in [0.15, 0.2) is 29.0 Å². The zero-order valence-corrected chi connectivity index (χ0v) is 14.5. The molecule has 128 valence electrons. The van der Waals surface area contributed by atoms with E-state index in [0.717, 1.165) is 5.56 Å². The maximum Gasteiger partial charge on any atom is 0.263 e. The highest BCUT2D eigenvalue weighted by Crippen LogP contribution is 2.36. The van der Waals surface area contributed by atoms with Crippen molar-refractivity contribution in [3.05, 3.63) is 36.0 Å². The van der Waals surface area contributed by atoms with Crippen LogP contribution in [0.25, 0.3) is 0 Å². The second-order valence-corrected chi connectivity index (χ2v) is 7.25. The molecule has 7 heteroatoms. The lowest BCUT2D eigenvalue weighted by Gasteiger charge is -2.25.